The minimum Gasteiger partial charge on any atom is -0.495 e. The van der Waals surface area contributed by atoms with Crippen molar-refractivity contribution in [3.05, 3.63) is 59.7 Å². The highest BCUT2D eigenvalue weighted by atomic mass is 19.4. The first kappa shape index (κ1) is 30.2. The van der Waals surface area contributed by atoms with E-state index < -0.39 is 35.0 Å². The van der Waals surface area contributed by atoms with E-state index in [-0.39, 0.29) is 23.3 Å². The number of carboxylic acid groups (broad SMARTS) is 1. The zero-order valence-corrected chi connectivity index (χ0v) is 22.5. The molecule has 42 heavy (non-hydrogen) atoms. The minimum atomic E-state index is -4.94. The summed E-state index contributed by atoms with van der Waals surface area (Å²) < 4.78 is 61.0. The van der Waals surface area contributed by atoms with Gasteiger partial charge in [-0.05, 0) is 50.2 Å². The van der Waals surface area contributed by atoms with Crippen molar-refractivity contribution in [3.63, 3.8) is 0 Å². The number of ether oxygens (including phenoxy) is 1. The zero-order valence-electron chi connectivity index (χ0n) is 22.5. The molecule has 2 aromatic heterocycles. The second-order valence-corrected chi connectivity index (χ2v) is 9.28. The molecule has 4 aromatic rings. The number of halogens is 4. The van der Waals surface area contributed by atoms with Crippen LogP contribution in [0.2, 0.25) is 0 Å². The first-order chi connectivity index (χ1) is 19.9. The van der Waals surface area contributed by atoms with E-state index in [2.05, 4.69) is 20.6 Å². The summed E-state index contributed by atoms with van der Waals surface area (Å²) in [6, 6.07) is 7.36. The predicted octanol–water partition coefficient (Wildman–Crippen LogP) is 4.51. The van der Waals surface area contributed by atoms with Crippen molar-refractivity contribution in [3.8, 4) is 17.0 Å². The molecule has 0 saturated carbocycles. The average molecular weight is 590 g/mol. The number of aromatic nitrogens is 4. The van der Waals surface area contributed by atoms with Crippen molar-refractivity contribution in [1.29, 1.82) is 0 Å². The summed E-state index contributed by atoms with van der Waals surface area (Å²) in [7, 11) is 1.36. The van der Waals surface area contributed by atoms with Crippen LogP contribution in [0.1, 0.15) is 41.7 Å². The number of nitrogens with two attached hydrogens (primary N) is 1. The molecule has 5 N–H and O–H groups in total. The van der Waals surface area contributed by atoms with Gasteiger partial charge in [-0.15, -0.1) is 0 Å². The maximum absolute atomic E-state index is 14.5. The Bertz CT molecular complexity index is 1610. The molecule has 1 saturated heterocycles. The van der Waals surface area contributed by atoms with Crippen molar-refractivity contribution in [2.24, 2.45) is 0 Å². The minimum absolute atomic E-state index is 0.115. The van der Waals surface area contributed by atoms with E-state index in [1.807, 2.05) is 4.68 Å². The van der Waals surface area contributed by atoms with Gasteiger partial charge in [0.1, 0.15) is 29.4 Å². The number of aliphatic carboxylic acids is 1. The summed E-state index contributed by atoms with van der Waals surface area (Å²) >= 11 is 0. The summed E-state index contributed by atoms with van der Waals surface area (Å²) in [6.45, 7) is 2.77. The molecule has 222 valence electrons. The fourth-order valence-corrected chi connectivity index (χ4v) is 4.56. The second kappa shape index (κ2) is 12.4. The molecule has 2 aromatic carbocycles. The molecule has 11 nitrogen and oxygen atoms in total. The molecule has 0 unspecified atom stereocenters. The largest absolute Gasteiger partial charge is 0.495 e. The second-order valence-electron chi connectivity index (χ2n) is 9.28. The molecule has 5 rings (SSSR count). The Morgan fingerprint density at radius 1 is 1.17 bits per heavy atom. The molecule has 3 heterocycles. The Kier molecular flexibility index (Phi) is 8.90. The van der Waals surface area contributed by atoms with E-state index in [1.165, 1.54) is 19.5 Å². The number of carbonyl (C=O) groups excluding carboxylic acids is 1. The molecule has 1 fully saturated rings. The lowest BCUT2D eigenvalue weighted by Crippen LogP contribution is -2.30. The topological polar surface area (TPSA) is 157 Å². The van der Waals surface area contributed by atoms with E-state index >= 15 is 0 Å². The van der Waals surface area contributed by atoms with Gasteiger partial charge in [-0.25, -0.2) is 19.0 Å². The quantitative estimate of drug-likeness (QED) is 0.246. The third-order valence-electron chi connectivity index (χ3n) is 6.44. The molecular weight excluding hydrogens is 562 g/mol. The van der Waals surface area contributed by atoms with Gasteiger partial charge in [-0.1, -0.05) is 12.1 Å². The summed E-state index contributed by atoms with van der Waals surface area (Å²) in [5.74, 6) is -3.11. The van der Waals surface area contributed by atoms with Crippen LogP contribution in [-0.4, -0.2) is 56.9 Å². The standard InChI is InChI=1S/C25H23F4N7O2.C2H4O2/c1-38-18-11-13(5-6-17(18)34-24(37)15-3-2-4-16(20(15)26)25(27,28)29)21-19-22(30)32-12-33-23(19)36(35-21)14-7-9-31-10-8-14;1-2(3)4/h2-6,11-12,14,31H,7-10H2,1H3,(H,34,37)(H2,30,32,33);1H3,(H,3,4). The van der Waals surface area contributed by atoms with E-state index in [9.17, 15) is 22.4 Å². The number of nitrogens with one attached hydrogen (secondary N) is 2. The Hall–Kier alpha value is -4.79. The number of rotatable bonds is 5. The number of carboxylic acids is 1. The Morgan fingerprint density at radius 3 is 2.50 bits per heavy atom. The number of hydrogen-bond donors (Lipinski definition) is 4. The maximum Gasteiger partial charge on any atom is 0.419 e. The highest BCUT2D eigenvalue weighted by Crippen LogP contribution is 2.37. The van der Waals surface area contributed by atoms with Crippen molar-refractivity contribution in [2.75, 3.05) is 31.2 Å². The first-order valence-electron chi connectivity index (χ1n) is 12.7. The molecule has 0 radical (unpaired) electrons. The molecule has 1 aliphatic heterocycles. The van der Waals surface area contributed by atoms with Gasteiger partial charge in [-0.2, -0.15) is 18.3 Å². The highest BCUT2D eigenvalue weighted by molar-refractivity contribution is 6.06. The summed E-state index contributed by atoms with van der Waals surface area (Å²) in [6.07, 6.45) is -1.83. The van der Waals surface area contributed by atoms with Crippen LogP contribution < -0.4 is 21.1 Å². The van der Waals surface area contributed by atoms with Gasteiger partial charge in [0.2, 0.25) is 0 Å². The highest BCUT2D eigenvalue weighted by Gasteiger charge is 2.36. The molecule has 15 heteroatoms. The zero-order chi connectivity index (χ0) is 30.6. The lowest BCUT2D eigenvalue weighted by Gasteiger charge is -2.23. The van der Waals surface area contributed by atoms with Crippen molar-refractivity contribution >= 4 is 34.4 Å². The summed E-state index contributed by atoms with van der Waals surface area (Å²) in [4.78, 5) is 30.2. The Morgan fingerprint density at radius 2 is 1.86 bits per heavy atom. The van der Waals surface area contributed by atoms with Gasteiger partial charge in [-0.3, -0.25) is 9.59 Å². The van der Waals surface area contributed by atoms with Crippen LogP contribution in [0, 0.1) is 5.82 Å². The van der Waals surface area contributed by atoms with Gasteiger partial charge in [0.15, 0.2) is 5.65 Å². The number of amides is 1. The predicted molar refractivity (Wildman–Crippen MR) is 146 cm³/mol. The van der Waals surface area contributed by atoms with E-state index in [0.29, 0.717) is 28.4 Å². The molecule has 0 spiro atoms. The number of piperidine rings is 1. The Labute approximate surface area is 236 Å². The smallest absolute Gasteiger partial charge is 0.419 e. The lowest BCUT2D eigenvalue weighted by atomic mass is 10.1. The number of methoxy groups -OCH3 is 1. The number of nitrogen functional groups attached to an aromatic ring is 1. The van der Waals surface area contributed by atoms with Gasteiger partial charge >= 0.3 is 6.18 Å². The van der Waals surface area contributed by atoms with Crippen LogP contribution in [0.5, 0.6) is 5.75 Å². The molecule has 1 amide bonds. The number of alkyl halides is 3. The molecule has 1 aliphatic rings. The van der Waals surface area contributed by atoms with E-state index in [4.69, 9.17) is 25.5 Å². The third-order valence-corrected chi connectivity index (χ3v) is 6.44. The van der Waals surface area contributed by atoms with Crippen molar-refractivity contribution in [1.82, 2.24) is 25.1 Å². The third kappa shape index (κ3) is 6.40. The van der Waals surface area contributed by atoms with Crippen LogP contribution in [0.15, 0.2) is 42.7 Å². The molecule has 0 atom stereocenters. The van der Waals surface area contributed by atoms with Crippen molar-refractivity contribution in [2.45, 2.75) is 32.0 Å². The molecular formula is C27H27F4N7O4. The van der Waals surface area contributed by atoms with E-state index in [0.717, 1.165) is 45.0 Å². The SMILES string of the molecule is CC(=O)O.COc1cc(-c2nn(C3CCNCC3)c3ncnc(N)c23)ccc1NC(=O)c1cccc(C(F)(F)F)c1F. The van der Waals surface area contributed by atoms with Gasteiger partial charge in [0.05, 0.1) is 35.4 Å². The molecule has 0 aliphatic carbocycles. The average Bonchev–Trinajstić information content (AvgIpc) is 3.34. The fourth-order valence-electron chi connectivity index (χ4n) is 4.56. The van der Waals surface area contributed by atoms with Crippen molar-refractivity contribution < 1.29 is 37.0 Å². The Balaban J connectivity index is 0.000000952. The van der Waals surface area contributed by atoms with Crippen LogP contribution >= 0.6 is 0 Å². The van der Waals surface area contributed by atoms with Crippen LogP contribution in [0.4, 0.5) is 29.1 Å². The van der Waals surface area contributed by atoms with Gasteiger partial charge in [0.25, 0.3) is 11.9 Å². The number of fused-ring (bicyclic) bond motifs is 1. The monoisotopic (exact) mass is 589 g/mol. The lowest BCUT2D eigenvalue weighted by molar-refractivity contribution is -0.140. The van der Waals surface area contributed by atoms with Gasteiger partial charge in [0, 0.05) is 12.5 Å². The molecule has 0 bridgehead atoms. The maximum atomic E-state index is 14.5. The number of hydrogen-bond acceptors (Lipinski definition) is 8. The summed E-state index contributed by atoms with van der Waals surface area (Å²) in [5.41, 5.74) is 5.75. The fraction of sp³-hybridized carbons (Fsp3) is 0.296. The van der Waals surface area contributed by atoms with E-state index in [1.54, 1.807) is 12.1 Å². The number of carbonyl (C=O) groups is 2. The number of benzene rings is 2. The number of anilines is 2. The van der Waals surface area contributed by atoms with Crippen LogP contribution in [0.3, 0.4) is 0 Å². The van der Waals surface area contributed by atoms with Gasteiger partial charge < -0.3 is 26.2 Å². The van der Waals surface area contributed by atoms with Crippen LogP contribution in [0.25, 0.3) is 22.3 Å². The summed E-state index contributed by atoms with van der Waals surface area (Å²) in [5, 5.41) is 18.5. The first-order valence-corrected chi connectivity index (χ1v) is 12.7. The number of nitrogens with zero attached hydrogens (tertiary/aromatic N) is 4. The normalized spacial score (nSPS) is 13.8. The van der Waals surface area contributed by atoms with Crippen LogP contribution in [-0.2, 0) is 11.0 Å².